The maximum atomic E-state index is 4.99. The molecule has 0 atom stereocenters. The van der Waals surface area contributed by atoms with Gasteiger partial charge in [0.2, 0.25) is 6.39 Å². The van der Waals surface area contributed by atoms with Crippen LogP contribution in [0.15, 0.2) is 10.9 Å². The Bertz CT molecular complexity index is 211. The second-order valence-corrected chi connectivity index (χ2v) is 1.66. The summed E-state index contributed by atoms with van der Waals surface area (Å²) < 4.78 is 4.49. The minimum Gasteiger partial charge on any atom is -0.343 e. The number of hydrogen-bond donors (Lipinski definition) is 1. The third-order valence-corrected chi connectivity index (χ3v) is 0.917. The predicted octanol–water partition coefficient (Wildman–Crippen LogP) is -0.208. The van der Waals surface area contributed by atoms with E-state index < -0.39 is 0 Å². The topological polar surface area (TPSA) is 51.0 Å². The average Bonchev–Trinajstić information content (AvgIpc) is 2.41. The zero-order valence-electron chi connectivity index (χ0n) is 5.37. The van der Waals surface area contributed by atoms with Crippen molar-refractivity contribution in [3.63, 3.8) is 0 Å². The number of terminal acetylenes is 1. The number of nitrogens with one attached hydrogen (secondary N) is 1. The van der Waals surface area contributed by atoms with Crippen molar-refractivity contribution in [2.24, 2.45) is 0 Å². The van der Waals surface area contributed by atoms with Crippen LogP contribution in [0.1, 0.15) is 5.82 Å². The Hall–Kier alpha value is -1.34. The van der Waals surface area contributed by atoms with Gasteiger partial charge in [-0.05, 0) is 0 Å². The van der Waals surface area contributed by atoms with Crippen molar-refractivity contribution in [1.29, 1.82) is 0 Å². The standard InChI is InChI=1S/C6H7N3O/c1-2-3-7-4-6-8-5-10-9-6/h1,5,7H,3-4H2. The summed E-state index contributed by atoms with van der Waals surface area (Å²) in [6.07, 6.45) is 6.28. The second kappa shape index (κ2) is 3.64. The van der Waals surface area contributed by atoms with Gasteiger partial charge in [0.05, 0.1) is 13.1 Å². The number of nitrogens with zero attached hydrogens (tertiary/aromatic N) is 2. The van der Waals surface area contributed by atoms with E-state index in [0.717, 1.165) is 0 Å². The van der Waals surface area contributed by atoms with Crippen LogP contribution < -0.4 is 5.32 Å². The molecule has 0 saturated heterocycles. The molecule has 0 radical (unpaired) electrons. The van der Waals surface area contributed by atoms with Crippen LogP contribution in [0, 0.1) is 12.3 Å². The molecular weight excluding hydrogens is 130 g/mol. The van der Waals surface area contributed by atoms with Gasteiger partial charge in [0.15, 0.2) is 5.82 Å². The lowest BCUT2D eigenvalue weighted by atomic mass is 10.5. The minimum atomic E-state index is 0.522. The van der Waals surface area contributed by atoms with E-state index >= 15 is 0 Å². The predicted molar refractivity (Wildman–Crippen MR) is 34.8 cm³/mol. The highest BCUT2D eigenvalue weighted by molar-refractivity contribution is 4.88. The highest BCUT2D eigenvalue weighted by Gasteiger charge is 1.93. The Labute approximate surface area is 58.6 Å². The summed E-state index contributed by atoms with van der Waals surface area (Å²) >= 11 is 0. The van der Waals surface area contributed by atoms with E-state index in [2.05, 4.69) is 25.9 Å². The summed E-state index contributed by atoms with van der Waals surface area (Å²) in [4.78, 5) is 3.78. The summed E-state index contributed by atoms with van der Waals surface area (Å²) in [7, 11) is 0. The summed E-state index contributed by atoms with van der Waals surface area (Å²) in [5.74, 6) is 3.05. The van der Waals surface area contributed by atoms with Crippen molar-refractivity contribution in [1.82, 2.24) is 15.5 Å². The fraction of sp³-hybridized carbons (Fsp3) is 0.333. The molecule has 1 rings (SSSR count). The number of hydrogen-bond acceptors (Lipinski definition) is 4. The molecule has 1 aromatic heterocycles. The molecule has 1 N–H and O–H groups in total. The van der Waals surface area contributed by atoms with E-state index in [9.17, 15) is 0 Å². The Morgan fingerprint density at radius 3 is 3.30 bits per heavy atom. The van der Waals surface area contributed by atoms with Gasteiger partial charge in [0, 0.05) is 0 Å². The lowest BCUT2D eigenvalue weighted by Crippen LogP contribution is -2.13. The van der Waals surface area contributed by atoms with Crippen molar-refractivity contribution in [2.45, 2.75) is 6.54 Å². The van der Waals surface area contributed by atoms with Crippen molar-refractivity contribution >= 4 is 0 Å². The molecule has 0 fully saturated rings. The lowest BCUT2D eigenvalue weighted by Gasteiger charge is -1.91. The molecule has 10 heavy (non-hydrogen) atoms. The van der Waals surface area contributed by atoms with Crippen molar-refractivity contribution in [3.8, 4) is 12.3 Å². The maximum absolute atomic E-state index is 4.99. The fourth-order valence-electron chi connectivity index (χ4n) is 0.517. The lowest BCUT2D eigenvalue weighted by molar-refractivity contribution is 0.408. The van der Waals surface area contributed by atoms with E-state index in [1.54, 1.807) is 0 Å². The normalized spacial score (nSPS) is 9.10. The van der Waals surface area contributed by atoms with E-state index in [1.165, 1.54) is 6.39 Å². The molecule has 1 heterocycles. The monoisotopic (exact) mass is 137 g/mol. The van der Waals surface area contributed by atoms with Crippen LogP contribution in [-0.4, -0.2) is 16.7 Å². The average molecular weight is 137 g/mol. The number of rotatable bonds is 3. The third kappa shape index (κ3) is 1.88. The van der Waals surface area contributed by atoms with Crippen LogP contribution in [0.25, 0.3) is 0 Å². The van der Waals surface area contributed by atoms with Crippen LogP contribution in [0.3, 0.4) is 0 Å². The molecule has 0 spiro atoms. The Balaban J connectivity index is 2.23. The van der Waals surface area contributed by atoms with Gasteiger partial charge in [-0.15, -0.1) is 6.42 Å². The van der Waals surface area contributed by atoms with Crippen molar-refractivity contribution in [2.75, 3.05) is 6.54 Å². The van der Waals surface area contributed by atoms with E-state index in [0.29, 0.717) is 18.9 Å². The number of aromatic nitrogens is 2. The SMILES string of the molecule is C#CCNCc1ncon1. The Kier molecular flexibility index (Phi) is 2.47. The summed E-state index contributed by atoms with van der Waals surface area (Å²) in [5.41, 5.74) is 0. The molecule has 0 aliphatic rings. The molecule has 0 aliphatic heterocycles. The Morgan fingerprint density at radius 2 is 2.70 bits per heavy atom. The maximum Gasteiger partial charge on any atom is 0.213 e. The highest BCUT2D eigenvalue weighted by Crippen LogP contribution is 1.84. The van der Waals surface area contributed by atoms with E-state index in [1.807, 2.05) is 0 Å². The highest BCUT2D eigenvalue weighted by atomic mass is 16.5. The molecule has 0 bridgehead atoms. The van der Waals surface area contributed by atoms with Gasteiger partial charge in [-0.1, -0.05) is 11.1 Å². The van der Waals surface area contributed by atoms with Gasteiger partial charge in [-0.3, -0.25) is 5.32 Å². The Morgan fingerprint density at radius 1 is 1.80 bits per heavy atom. The summed E-state index contributed by atoms with van der Waals surface area (Å²) in [6.45, 7) is 1.08. The van der Waals surface area contributed by atoms with Crippen LogP contribution >= 0.6 is 0 Å². The molecule has 0 amide bonds. The molecule has 52 valence electrons. The van der Waals surface area contributed by atoms with Crippen LogP contribution in [-0.2, 0) is 6.54 Å². The molecule has 4 heteroatoms. The largest absolute Gasteiger partial charge is 0.343 e. The van der Waals surface area contributed by atoms with Gasteiger partial charge in [-0.25, -0.2) is 0 Å². The first-order chi connectivity index (χ1) is 4.93. The fourth-order valence-corrected chi connectivity index (χ4v) is 0.517. The zero-order valence-corrected chi connectivity index (χ0v) is 5.37. The van der Waals surface area contributed by atoms with E-state index in [-0.39, 0.29) is 0 Å². The van der Waals surface area contributed by atoms with Gasteiger partial charge in [-0.2, -0.15) is 4.98 Å². The van der Waals surface area contributed by atoms with Gasteiger partial charge < -0.3 is 4.52 Å². The second-order valence-electron chi connectivity index (χ2n) is 1.66. The van der Waals surface area contributed by atoms with E-state index in [4.69, 9.17) is 6.42 Å². The molecule has 1 aromatic rings. The molecule has 0 saturated carbocycles. The first kappa shape index (κ1) is 6.78. The molecule has 4 nitrogen and oxygen atoms in total. The summed E-state index contributed by atoms with van der Waals surface area (Å²) in [5, 5.41) is 6.49. The molecular formula is C6H7N3O. The minimum absolute atomic E-state index is 0.522. The third-order valence-electron chi connectivity index (χ3n) is 0.917. The van der Waals surface area contributed by atoms with Crippen LogP contribution in [0.2, 0.25) is 0 Å². The van der Waals surface area contributed by atoms with Gasteiger partial charge in [0.25, 0.3) is 0 Å². The zero-order chi connectivity index (χ0) is 7.23. The molecule has 0 aromatic carbocycles. The first-order valence-corrected chi connectivity index (χ1v) is 2.83. The van der Waals surface area contributed by atoms with Crippen molar-refractivity contribution < 1.29 is 4.52 Å². The van der Waals surface area contributed by atoms with Gasteiger partial charge >= 0.3 is 0 Å². The quantitative estimate of drug-likeness (QED) is 0.462. The molecule has 0 unspecified atom stereocenters. The van der Waals surface area contributed by atoms with Crippen molar-refractivity contribution in [3.05, 3.63) is 12.2 Å². The smallest absolute Gasteiger partial charge is 0.213 e. The van der Waals surface area contributed by atoms with Crippen LogP contribution in [0.5, 0.6) is 0 Å². The summed E-state index contributed by atoms with van der Waals surface area (Å²) in [6, 6.07) is 0. The first-order valence-electron chi connectivity index (χ1n) is 2.83. The van der Waals surface area contributed by atoms with Crippen LogP contribution in [0.4, 0.5) is 0 Å². The molecule has 0 aliphatic carbocycles. The van der Waals surface area contributed by atoms with Gasteiger partial charge in [0.1, 0.15) is 0 Å².